The van der Waals surface area contributed by atoms with Gasteiger partial charge in [-0.05, 0) is 39.3 Å². The van der Waals surface area contributed by atoms with E-state index in [0.29, 0.717) is 18.0 Å². The normalized spacial score (nSPS) is 12.8. The maximum atomic E-state index is 12.3. The summed E-state index contributed by atoms with van der Waals surface area (Å²) in [7, 11) is -1.69. The summed E-state index contributed by atoms with van der Waals surface area (Å²) in [4.78, 5) is 1.16. The molecule has 0 atom stereocenters. The van der Waals surface area contributed by atoms with Crippen molar-refractivity contribution in [1.29, 1.82) is 0 Å². The van der Waals surface area contributed by atoms with Gasteiger partial charge in [0.1, 0.15) is 0 Å². The monoisotopic (exact) mass is 306 g/mol. The molecule has 1 rings (SSSR count). The SMILES string of the molecule is CCOC(C)(C)CNS(=O)(=O)c1ccsc1CNC. The minimum atomic E-state index is -3.48. The van der Waals surface area contributed by atoms with Gasteiger partial charge in [-0.25, -0.2) is 13.1 Å². The summed E-state index contributed by atoms with van der Waals surface area (Å²) in [5.41, 5.74) is -0.513. The first kappa shape index (κ1) is 16.6. The van der Waals surface area contributed by atoms with Gasteiger partial charge in [0.05, 0.1) is 10.5 Å². The fourth-order valence-electron chi connectivity index (χ4n) is 1.65. The molecule has 0 aliphatic carbocycles. The van der Waals surface area contributed by atoms with Gasteiger partial charge in [0, 0.05) is 24.6 Å². The third-order valence-corrected chi connectivity index (χ3v) is 5.09. The topological polar surface area (TPSA) is 67.4 Å². The summed E-state index contributed by atoms with van der Waals surface area (Å²) >= 11 is 1.43. The van der Waals surface area contributed by atoms with E-state index in [1.54, 1.807) is 18.5 Å². The summed E-state index contributed by atoms with van der Waals surface area (Å²) < 4.78 is 32.6. The van der Waals surface area contributed by atoms with Crippen LogP contribution in [0.15, 0.2) is 16.3 Å². The Labute approximate surface area is 119 Å². The summed E-state index contributed by atoms with van der Waals surface area (Å²) in [5, 5.41) is 4.76. The van der Waals surface area contributed by atoms with Crippen LogP contribution in [0.1, 0.15) is 25.6 Å². The molecule has 0 unspecified atom stereocenters. The van der Waals surface area contributed by atoms with E-state index >= 15 is 0 Å². The lowest BCUT2D eigenvalue weighted by Crippen LogP contribution is -2.40. The van der Waals surface area contributed by atoms with Crippen molar-refractivity contribution in [3.8, 4) is 0 Å². The Balaban J connectivity index is 2.78. The number of ether oxygens (including phenoxy) is 1. The van der Waals surface area contributed by atoms with Crippen molar-refractivity contribution >= 4 is 21.4 Å². The van der Waals surface area contributed by atoms with E-state index in [9.17, 15) is 8.42 Å². The Bertz CT molecular complexity index is 495. The second-order valence-corrected chi connectivity index (χ2v) is 7.49. The second-order valence-electron chi connectivity index (χ2n) is 4.76. The van der Waals surface area contributed by atoms with Crippen LogP contribution >= 0.6 is 11.3 Å². The Morgan fingerprint density at radius 3 is 2.68 bits per heavy atom. The maximum Gasteiger partial charge on any atom is 0.241 e. The summed E-state index contributed by atoms with van der Waals surface area (Å²) in [6.07, 6.45) is 0. The van der Waals surface area contributed by atoms with E-state index in [0.717, 1.165) is 4.88 Å². The molecule has 1 aromatic rings. The third kappa shape index (κ3) is 4.85. The predicted octanol–water partition coefficient (Wildman–Crippen LogP) is 1.56. The number of hydrogen-bond acceptors (Lipinski definition) is 5. The quantitative estimate of drug-likeness (QED) is 0.765. The predicted molar refractivity (Wildman–Crippen MR) is 78.0 cm³/mol. The molecule has 0 saturated heterocycles. The maximum absolute atomic E-state index is 12.3. The highest BCUT2D eigenvalue weighted by atomic mass is 32.2. The molecule has 0 amide bonds. The first-order valence-corrected chi connectivity index (χ1v) is 8.53. The average Bonchev–Trinajstić information content (AvgIpc) is 2.76. The van der Waals surface area contributed by atoms with Crippen molar-refractivity contribution in [3.63, 3.8) is 0 Å². The zero-order valence-electron chi connectivity index (χ0n) is 11.8. The van der Waals surface area contributed by atoms with Gasteiger partial charge in [-0.3, -0.25) is 0 Å². The van der Waals surface area contributed by atoms with E-state index in [4.69, 9.17) is 4.74 Å². The number of hydrogen-bond donors (Lipinski definition) is 2. The Kier molecular flexibility index (Phi) is 5.94. The molecule has 110 valence electrons. The van der Waals surface area contributed by atoms with Crippen LogP contribution in [0.4, 0.5) is 0 Å². The lowest BCUT2D eigenvalue weighted by Gasteiger charge is -2.24. The summed E-state index contributed by atoms with van der Waals surface area (Å²) in [6, 6.07) is 1.63. The Hall–Kier alpha value is -0.470. The van der Waals surface area contributed by atoms with Gasteiger partial charge >= 0.3 is 0 Å². The van der Waals surface area contributed by atoms with Gasteiger partial charge in [0.2, 0.25) is 10.0 Å². The van der Waals surface area contributed by atoms with Crippen LogP contribution in [0.3, 0.4) is 0 Å². The van der Waals surface area contributed by atoms with Gasteiger partial charge in [-0.2, -0.15) is 0 Å². The van der Waals surface area contributed by atoms with Crippen molar-refractivity contribution in [2.75, 3.05) is 20.2 Å². The van der Waals surface area contributed by atoms with E-state index in [-0.39, 0.29) is 6.54 Å². The molecule has 0 radical (unpaired) electrons. The first-order chi connectivity index (χ1) is 8.82. The van der Waals surface area contributed by atoms with Crippen molar-refractivity contribution in [1.82, 2.24) is 10.0 Å². The lowest BCUT2D eigenvalue weighted by molar-refractivity contribution is -0.00515. The standard InChI is InChI=1S/C12H22N2O3S2/c1-5-17-12(2,3)9-14-19(15,16)11-6-7-18-10(11)8-13-4/h6-7,13-14H,5,8-9H2,1-4H3. The van der Waals surface area contributed by atoms with Crippen LogP contribution in [0, 0.1) is 0 Å². The van der Waals surface area contributed by atoms with Crippen molar-refractivity contribution < 1.29 is 13.2 Å². The molecule has 7 heteroatoms. The molecule has 0 aromatic carbocycles. The molecule has 0 aliphatic heterocycles. The highest BCUT2D eigenvalue weighted by Gasteiger charge is 2.24. The van der Waals surface area contributed by atoms with Gasteiger partial charge in [0.15, 0.2) is 0 Å². The lowest BCUT2D eigenvalue weighted by atomic mass is 10.1. The van der Waals surface area contributed by atoms with E-state index in [1.165, 1.54) is 11.3 Å². The molecule has 1 aromatic heterocycles. The number of thiophene rings is 1. The smallest absolute Gasteiger partial charge is 0.241 e. The highest BCUT2D eigenvalue weighted by molar-refractivity contribution is 7.89. The third-order valence-electron chi connectivity index (χ3n) is 2.55. The minimum Gasteiger partial charge on any atom is -0.375 e. The zero-order valence-corrected chi connectivity index (χ0v) is 13.5. The van der Waals surface area contributed by atoms with Gasteiger partial charge < -0.3 is 10.1 Å². The molecular formula is C12H22N2O3S2. The summed E-state index contributed by atoms with van der Waals surface area (Å²) in [5.74, 6) is 0. The molecule has 0 saturated carbocycles. The minimum absolute atomic E-state index is 0.248. The molecule has 1 heterocycles. The Morgan fingerprint density at radius 2 is 2.11 bits per heavy atom. The van der Waals surface area contributed by atoms with E-state index in [1.807, 2.05) is 20.8 Å². The average molecular weight is 306 g/mol. The molecule has 0 bridgehead atoms. The molecular weight excluding hydrogens is 284 g/mol. The fraction of sp³-hybridized carbons (Fsp3) is 0.667. The zero-order chi connectivity index (χ0) is 14.5. The van der Waals surface area contributed by atoms with Crippen LogP contribution in [0.2, 0.25) is 0 Å². The largest absolute Gasteiger partial charge is 0.375 e. The van der Waals surface area contributed by atoms with E-state index in [2.05, 4.69) is 10.0 Å². The fourth-order valence-corrected chi connectivity index (χ4v) is 4.30. The summed E-state index contributed by atoms with van der Waals surface area (Å²) in [6.45, 7) is 6.96. The molecule has 5 nitrogen and oxygen atoms in total. The van der Waals surface area contributed by atoms with Gasteiger partial charge in [0.25, 0.3) is 0 Å². The van der Waals surface area contributed by atoms with Crippen molar-refractivity contribution in [2.45, 2.75) is 37.8 Å². The van der Waals surface area contributed by atoms with Crippen LogP contribution < -0.4 is 10.0 Å². The second kappa shape index (κ2) is 6.81. The van der Waals surface area contributed by atoms with Crippen LogP contribution in [-0.4, -0.2) is 34.2 Å². The van der Waals surface area contributed by atoms with E-state index < -0.39 is 15.6 Å². The Morgan fingerprint density at radius 1 is 1.42 bits per heavy atom. The van der Waals surface area contributed by atoms with Crippen molar-refractivity contribution in [2.24, 2.45) is 0 Å². The first-order valence-electron chi connectivity index (χ1n) is 6.17. The number of sulfonamides is 1. The molecule has 2 N–H and O–H groups in total. The molecule has 19 heavy (non-hydrogen) atoms. The van der Waals surface area contributed by atoms with Crippen LogP contribution in [0.5, 0.6) is 0 Å². The van der Waals surface area contributed by atoms with Crippen molar-refractivity contribution in [3.05, 3.63) is 16.3 Å². The van der Waals surface area contributed by atoms with Gasteiger partial charge in [-0.1, -0.05) is 0 Å². The number of nitrogens with one attached hydrogen (secondary N) is 2. The highest BCUT2D eigenvalue weighted by Crippen LogP contribution is 2.22. The van der Waals surface area contributed by atoms with Crippen LogP contribution in [-0.2, 0) is 21.3 Å². The molecule has 0 fully saturated rings. The van der Waals surface area contributed by atoms with Gasteiger partial charge in [-0.15, -0.1) is 11.3 Å². The number of rotatable bonds is 8. The molecule has 0 aliphatic rings. The molecule has 0 spiro atoms. The van der Waals surface area contributed by atoms with Crippen LogP contribution in [0.25, 0.3) is 0 Å².